The van der Waals surface area contributed by atoms with E-state index >= 15 is 0 Å². The first kappa shape index (κ1) is 23.9. The zero-order valence-electron chi connectivity index (χ0n) is 17.5. The fourth-order valence-corrected chi connectivity index (χ4v) is 4.99. The molecule has 2 aromatic carbocycles. The molecule has 0 fully saturated rings. The molecule has 1 aromatic heterocycles. The number of nitrogens with one attached hydrogen (secondary N) is 2. The molecule has 0 aliphatic carbocycles. The highest BCUT2D eigenvalue weighted by Crippen LogP contribution is 2.37. The van der Waals surface area contributed by atoms with E-state index in [-0.39, 0.29) is 27.1 Å². The Kier molecular flexibility index (Phi) is 6.72. The van der Waals surface area contributed by atoms with E-state index in [1.54, 1.807) is 13.8 Å². The highest BCUT2D eigenvalue weighted by molar-refractivity contribution is 7.89. The third kappa shape index (κ3) is 4.54. The first-order valence-electron chi connectivity index (χ1n) is 9.32. The normalized spacial score (nSPS) is 13.7. The average molecular weight is 488 g/mol. The number of hydrogen-bond donors (Lipinski definition) is 2. The van der Waals surface area contributed by atoms with Crippen LogP contribution in [0.1, 0.15) is 41.5 Å². The Bertz CT molecular complexity index is 1300. The maximum Gasteiger partial charge on any atom is 0.434 e. The maximum atomic E-state index is 14.8. The Morgan fingerprint density at radius 2 is 1.94 bits per heavy atom. The standard InChI is InChI=1S/C20H20ClF2N3O5S/c1-9-7-13(22)17(23)16(10(9)2)11(3)18(19-24-25-20(27)31-19)26-32(28,29)15-6-5-12(21)8-14(15)30-4/h5-8,11,18,26H,1-4H3,(H,25,27)/t11-,18+/m1/s1. The molecule has 0 bridgehead atoms. The number of rotatable bonds is 7. The summed E-state index contributed by atoms with van der Waals surface area (Å²) in [5.74, 6) is -4.56. The maximum absolute atomic E-state index is 14.8. The van der Waals surface area contributed by atoms with Crippen LogP contribution in [0.4, 0.5) is 8.78 Å². The summed E-state index contributed by atoms with van der Waals surface area (Å²) in [6.07, 6.45) is 0. The Hall–Kier alpha value is -2.76. The van der Waals surface area contributed by atoms with Crippen LogP contribution in [0.2, 0.25) is 5.02 Å². The van der Waals surface area contributed by atoms with E-state index in [9.17, 15) is 22.0 Å². The van der Waals surface area contributed by atoms with Crippen LogP contribution < -0.4 is 15.2 Å². The highest BCUT2D eigenvalue weighted by atomic mass is 35.5. The highest BCUT2D eigenvalue weighted by Gasteiger charge is 2.35. The van der Waals surface area contributed by atoms with Gasteiger partial charge < -0.3 is 9.15 Å². The van der Waals surface area contributed by atoms with Crippen LogP contribution in [-0.2, 0) is 10.0 Å². The molecule has 3 rings (SSSR count). The van der Waals surface area contributed by atoms with Crippen molar-refractivity contribution in [3.63, 3.8) is 0 Å². The van der Waals surface area contributed by atoms with Crippen LogP contribution >= 0.6 is 11.6 Å². The van der Waals surface area contributed by atoms with Crippen LogP contribution in [0.25, 0.3) is 0 Å². The van der Waals surface area contributed by atoms with Gasteiger partial charge in [-0.15, -0.1) is 5.10 Å². The van der Waals surface area contributed by atoms with Crippen molar-refractivity contribution in [2.75, 3.05) is 7.11 Å². The van der Waals surface area contributed by atoms with Gasteiger partial charge in [0.15, 0.2) is 11.6 Å². The third-order valence-corrected chi connectivity index (χ3v) is 6.87. The minimum atomic E-state index is -4.32. The summed E-state index contributed by atoms with van der Waals surface area (Å²) in [4.78, 5) is 11.3. The van der Waals surface area contributed by atoms with Gasteiger partial charge >= 0.3 is 5.76 Å². The van der Waals surface area contributed by atoms with Gasteiger partial charge in [-0.1, -0.05) is 18.5 Å². The van der Waals surface area contributed by atoms with Gasteiger partial charge in [-0.2, -0.15) is 4.72 Å². The molecule has 32 heavy (non-hydrogen) atoms. The first-order chi connectivity index (χ1) is 15.0. The van der Waals surface area contributed by atoms with E-state index in [2.05, 4.69) is 9.82 Å². The van der Waals surface area contributed by atoms with Gasteiger partial charge in [-0.3, -0.25) is 0 Å². The van der Waals surface area contributed by atoms with Crippen molar-refractivity contribution in [1.29, 1.82) is 0 Å². The third-order valence-electron chi connectivity index (χ3n) is 5.16. The molecular formula is C20H20ClF2N3O5S. The number of benzene rings is 2. The second-order valence-electron chi connectivity index (χ2n) is 7.16. The quantitative estimate of drug-likeness (QED) is 0.524. The number of H-pyrrole nitrogens is 1. The van der Waals surface area contributed by atoms with E-state index in [1.165, 1.54) is 32.2 Å². The van der Waals surface area contributed by atoms with E-state index in [0.717, 1.165) is 6.07 Å². The Morgan fingerprint density at radius 1 is 1.25 bits per heavy atom. The molecule has 0 radical (unpaired) electrons. The number of halogens is 3. The lowest BCUT2D eigenvalue weighted by Crippen LogP contribution is -2.33. The van der Waals surface area contributed by atoms with E-state index in [0.29, 0.717) is 11.1 Å². The van der Waals surface area contributed by atoms with Crippen molar-refractivity contribution in [3.8, 4) is 5.75 Å². The minimum absolute atomic E-state index is 0.0381. The zero-order chi connectivity index (χ0) is 23.8. The molecule has 2 atom stereocenters. The molecule has 2 N–H and O–H groups in total. The molecule has 0 spiro atoms. The van der Waals surface area contributed by atoms with Gasteiger partial charge in [0.1, 0.15) is 16.7 Å². The van der Waals surface area contributed by atoms with E-state index in [1.807, 2.05) is 5.10 Å². The van der Waals surface area contributed by atoms with Crippen molar-refractivity contribution in [1.82, 2.24) is 14.9 Å². The molecule has 1 heterocycles. The van der Waals surface area contributed by atoms with Gasteiger partial charge in [-0.25, -0.2) is 27.1 Å². The molecule has 3 aromatic rings. The second kappa shape index (κ2) is 9.00. The van der Waals surface area contributed by atoms with Crippen LogP contribution in [0.5, 0.6) is 5.75 Å². The SMILES string of the molecule is COc1cc(Cl)ccc1S(=O)(=O)N[C@H](c1n[nH]c(=O)o1)[C@H](C)c1c(C)c(C)cc(F)c1F. The van der Waals surface area contributed by atoms with Gasteiger partial charge in [0.05, 0.1) is 7.11 Å². The first-order valence-corrected chi connectivity index (χ1v) is 11.2. The summed E-state index contributed by atoms with van der Waals surface area (Å²) in [6, 6.07) is 3.57. The van der Waals surface area contributed by atoms with Crippen LogP contribution in [-0.4, -0.2) is 25.7 Å². The molecule has 0 aliphatic heterocycles. The number of ether oxygens (including phenoxy) is 1. The lowest BCUT2D eigenvalue weighted by molar-refractivity contribution is 0.371. The minimum Gasteiger partial charge on any atom is -0.495 e. The average Bonchev–Trinajstić information content (AvgIpc) is 3.16. The Balaban J connectivity index is 2.15. The molecule has 0 aliphatic rings. The zero-order valence-corrected chi connectivity index (χ0v) is 19.1. The summed E-state index contributed by atoms with van der Waals surface area (Å²) in [5.41, 5.74) is 0.807. The Labute approximate surface area is 187 Å². The van der Waals surface area contributed by atoms with Crippen molar-refractivity contribution < 1.29 is 26.4 Å². The lowest BCUT2D eigenvalue weighted by atomic mass is 9.88. The summed E-state index contributed by atoms with van der Waals surface area (Å²) in [7, 11) is -3.05. The van der Waals surface area contributed by atoms with Gasteiger partial charge in [-0.05, 0) is 48.7 Å². The predicted molar refractivity (Wildman–Crippen MR) is 112 cm³/mol. The number of sulfonamides is 1. The fraction of sp³-hybridized carbons (Fsp3) is 0.300. The van der Waals surface area contributed by atoms with Crippen LogP contribution in [0.15, 0.2) is 38.4 Å². The summed E-state index contributed by atoms with van der Waals surface area (Å²) in [5, 5.41) is 5.99. The molecular weight excluding hydrogens is 468 g/mol. The predicted octanol–water partition coefficient (Wildman–Crippen LogP) is 3.74. The molecule has 0 unspecified atom stereocenters. The van der Waals surface area contributed by atoms with E-state index in [4.69, 9.17) is 20.8 Å². The van der Waals surface area contributed by atoms with E-state index < -0.39 is 39.4 Å². The van der Waals surface area contributed by atoms with Gasteiger partial charge in [0.2, 0.25) is 15.9 Å². The van der Waals surface area contributed by atoms with Crippen LogP contribution in [0.3, 0.4) is 0 Å². The Morgan fingerprint density at radius 3 is 2.53 bits per heavy atom. The number of methoxy groups -OCH3 is 1. The van der Waals surface area contributed by atoms with Crippen molar-refractivity contribution in [3.05, 3.63) is 74.1 Å². The molecule has 8 nitrogen and oxygen atoms in total. The number of aromatic nitrogens is 2. The fourth-order valence-electron chi connectivity index (χ4n) is 3.41. The molecule has 0 saturated carbocycles. The molecule has 12 heteroatoms. The van der Waals surface area contributed by atoms with Crippen molar-refractivity contribution in [2.24, 2.45) is 0 Å². The molecule has 172 valence electrons. The monoisotopic (exact) mass is 487 g/mol. The largest absolute Gasteiger partial charge is 0.495 e. The molecule has 0 saturated heterocycles. The van der Waals surface area contributed by atoms with Gasteiger partial charge in [0, 0.05) is 17.0 Å². The summed E-state index contributed by atoms with van der Waals surface area (Å²) >= 11 is 5.91. The smallest absolute Gasteiger partial charge is 0.434 e. The molecule has 0 amide bonds. The topological polar surface area (TPSA) is 114 Å². The van der Waals surface area contributed by atoms with Gasteiger partial charge in [0.25, 0.3) is 0 Å². The summed E-state index contributed by atoms with van der Waals surface area (Å²) < 4.78 is 67.8. The van der Waals surface area contributed by atoms with Crippen LogP contribution in [0, 0.1) is 25.5 Å². The number of nitrogens with zero attached hydrogens (tertiary/aromatic N) is 1. The number of hydrogen-bond acceptors (Lipinski definition) is 6. The summed E-state index contributed by atoms with van der Waals surface area (Å²) in [6.45, 7) is 4.64. The lowest BCUT2D eigenvalue weighted by Gasteiger charge is -2.25. The number of aromatic amines is 1. The van der Waals surface area contributed by atoms with Crippen molar-refractivity contribution >= 4 is 21.6 Å². The second-order valence-corrected chi connectivity index (χ2v) is 9.28. The number of aryl methyl sites for hydroxylation is 1. The van der Waals surface area contributed by atoms with Crippen molar-refractivity contribution in [2.45, 2.75) is 37.6 Å².